The molecule has 0 aromatic rings. The van der Waals surface area contributed by atoms with Crippen LogP contribution in [0.4, 0.5) is 0 Å². The fraction of sp³-hybridized carbons (Fsp3) is 1.00. The SMILES string of the molecule is CCOP(=O)(OC)N(CC)CC. The normalized spacial score (nSPS) is 16.4. The fourth-order valence-electron chi connectivity index (χ4n) is 0.983. The third-order valence-electron chi connectivity index (χ3n) is 1.60. The van der Waals surface area contributed by atoms with E-state index in [0.29, 0.717) is 19.7 Å². The summed E-state index contributed by atoms with van der Waals surface area (Å²) in [5, 5.41) is 0. The molecule has 0 heterocycles. The zero-order valence-corrected chi connectivity index (χ0v) is 9.13. The number of nitrogens with zero attached hydrogens (tertiary/aromatic N) is 1. The van der Waals surface area contributed by atoms with Gasteiger partial charge in [-0.1, -0.05) is 13.8 Å². The van der Waals surface area contributed by atoms with Gasteiger partial charge >= 0.3 is 7.75 Å². The third-order valence-corrected chi connectivity index (χ3v) is 3.90. The van der Waals surface area contributed by atoms with E-state index in [4.69, 9.17) is 9.05 Å². The number of hydrogen-bond acceptors (Lipinski definition) is 3. The first-order valence-corrected chi connectivity index (χ1v) is 5.69. The molecule has 1 atom stereocenters. The smallest absolute Gasteiger partial charge is 0.300 e. The molecule has 0 radical (unpaired) electrons. The van der Waals surface area contributed by atoms with Crippen LogP contribution in [-0.4, -0.2) is 31.5 Å². The van der Waals surface area contributed by atoms with Crippen molar-refractivity contribution < 1.29 is 13.6 Å². The fourth-order valence-corrected chi connectivity index (χ4v) is 2.50. The molecule has 0 saturated carbocycles. The number of hydrogen-bond donors (Lipinski definition) is 0. The summed E-state index contributed by atoms with van der Waals surface area (Å²) in [5.41, 5.74) is 0. The van der Waals surface area contributed by atoms with E-state index in [9.17, 15) is 4.57 Å². The van der Waals surface area contributed by atoms with Gasteiger partial charge in [-0.3, -0.25) is 9.05 Å². The first-order valence-electron chi connectivity index (χ1n) is 4.20. The van der Waals surface area contributed by atoms with Gasteiger partial charge in [-0.2, -0.15) is 0 Å². The van der Waals surface area contributed by atoms with Crippen molar-refractivity contribution in [3.05, 3.63) is 0 Å². The van der Waals surface area contributed by atoms with E-state index in [2.05, 4.69) is 0 Å². The quantitative estimate of drug-likeness (QED) is 0.608. The van der Waals surface area contributed by atoms with E-state index in [1.165, 1.54) is 7.11 Å². The van der Waals surface area contributed by atoms with Crippen LogP contribution in [0.5, 0.6) is 0 Å². The maximum atomic E-state index is 11.8. The Morgan fingerprint density at radius 3 is 2.00 bits per heavy atom. The van der Waals surface area contributed by atoms with Gasteiger partial charge in [-0.25, -0.2) is 9.24 Å². The van der Waals surface area contributed by atoms with Gasteiger partial charge in [-0.05, 0) is 6.92 Å². The standard InChI is InChI=1S/C7H18NO3P/c1-5-8(6-2)12(9,10-4)11-7-3/h5-7H2,1-4H3. The molecule has 0 rings (SSSR count). The van der Waals surface area contributed by atoms with Crippen molar-refractivity contribution in [3.63, 3.8) is 0 Å². The summed E-state index contributed by atoms with van der Waals surface area (Å²) in [6, 6.07) is 0. The molecule has 0 aliphatic heterocycles. The summed E-state index contributed by atoms with van der Waals surface area (Å²) in [6.45, 7) is 7.39. The molecule has 0 fully saturated rings. The minimum absolute atomic E-state index is 0.404. The third kappa shape index (κ3) is 2.87. The maximum Gasteiger partial charge on any atom is 0.407 e. The monoisotopic (exact) mass is 195 g/mol. The van der Waals surface area contributed by atoms with Crippen LogP contribution in [-0.2, 0) is 13.6 Å². The van der Waals surface area contributed by atoms with E-state index >= 15 is 0 Å². The van der Waals surface area contributed by atoms with E-state index in [1.807, 2.05) is 13.8 Å². The van der Waals surface area contributed by atoms with Crippen LogP contribution in [0.2, 0.25) is 0 Å². The van der Waals surface area contributed by atoms with E-state index in [1.54, 1.807) is 11.6 Å². The van der Waals surface area contributed by atoms with Crippen molar-refractivity contribution in [2.75, 3.05) is 26.8 Å². The van der Waals surface area contributed by atoms with E-state index in [-0.39, 0.29) is 0 Å². The Labute approximate surface area is 74.4 Å². The van der Waals surface area contributed by atoms with Crippen LogP contribution in [0.25, 0.3) is 0 Å². The lowest BCUT2D eigenvalue weighted by Gasteiger charge is -2.26. The first kappa shape index (κ1) is 12.1. The van der Waals surface area contributed by atoms with Crippen molar-refractivity contribution in [3.8, 4) is 0 Å². The Kier molecular flexibility index (Phi) is 5.76. The minimum Gasteiger partial charge on any atom is -0.300 e. The lowest BCUT2D eigenvalue weighted by molar-refractivity contribution is 0.191. The van der Waals surface area contributed by atoms with Crippen molar-refractivity contribution in [2.45, 2.75) is 20.8 Å². The predicted octanol–water partition coefficient (Wildman–Crippen LogP) is 2.12. The molecule has 0 aliphatic rings. The summed E-state index contributed by atoms with van der Waals surface area (Å²) >= 11 is 0. The highest BCUT2D eigenvalue weighted by Crippen LogP contribution is 2.50. The molecule has 4 nitrogen and oxygen atoms in total. The topological polar surface area (TPSA) is 38.8 Å². The highest BCUT2D eigenvalue weighted by Gasteiger charge is 2.29. The van der Waals surface area contributed by atoms with Gasteiger partial charge in [0.05, 0.1) is 6.61 Å². The molecule has 5 heteroatoms. The van der Waals surface area contributed by atoms with Gasteiger partial charge in [0.1, 0.15) is 0 Å². The molecule has 74 valence electrons. The molecule has 12 heavy (non-hydrogen) atoms. The molecule has 0 aromatic carbocycles. The van der Waals surface area contributed by atoms with Crippen molar-refractivity contribution >= 4 is 7.75 Å². The maximum absolute atomic E-state index is 11.8. The molecule has 0 aromatic heterocycles. The second-order valence-corrected chi connectivity index (χ2v) is 4.33. The van der Waals surface area contributed by atoms with Gasteiger partial charge in [0.2, 0.25) is 0 Å². The van der Waals surface area contributed by atoms with Crippen LogP contribution >= 0.6 is 7.75 Å². The summed E-state index contributed by atoms with van der Waals surface area (Å²) in [7, 11) is -1.57. The second-order valence-electron chi connectivity index (χ2n) is 2.21. The highest BCUT2D eigenvalue weighted by molar-refractivity contribution is 7.51. The van der Waals surface area contributed by atoms with Crippen LogP contribution in [0.3, 0.4) is 0 Å². The van der Waals surface area contributed by atoms with Gasteiger partial charge < -0.3 is 0 Å². The molecular formula is C7H18NO3P. The lowest BCUT2D eigenvalue weighted by atomic mass is 10.7. The Morgan fingerprint density at radius 1 is 1.25 bits per heavy atom. The molecule has 0 aliphatic carbocycles. The van der Waals surface area contributed by atoms with Crippen LogP contribution < -0.4 is 0 Å². The molecule has 0 spiro atoms. The summed E-state index contributed by atoms with van der Waals surface area (Å²) < 4.78 is 23.5. The van der Waals surface area contributed by atoms with Gasteiger partial charge in [0.15, 0.2) is 0 Å². The Hall–Kier alpha value is 0.110. The van der Waals surface area contributed by atoms with E-state index in [0.717, 1.165) is 0 Å². The van der Waals surface area contributed by atoms with Gasteiger partial charge in [0, 0.05) is 20.2 Å². The molecule has 0 amide bonds. The molecule has 0 N–H and O–H groups in total. The van der Waals surface area contributed by atoms with Crippen LogP contribution in [0, 0.1) is 0 Å². The minimum atomic E-state index is -2.98. The Balaban J connectivity index is 4.36. The summed E-state index contributed by atoms with van der Waals surface area (Å²) in [4.78, 5) is 0. The number of rotatable bonds is 6. The largest absolute Gasteiger partial charge is 0.407 e. The highest BCUT2D eigenvalue weighted by atomic mass is 31.2. The Bertz CT molecular complexity index is 159. The Morgan fingerprint density at radius 2 is 1.75 bits per heavy atom. The van der Waals surface area contributed by atoms with Gasteiger partial charge in [0.25, 0.3) is 0 Å². The first-order chi connectivity index (χ1) is 5.64. The van der Waals surface area contributed by atoms with Gasteiger partial charge in [-0.15, -0.1) is 0 Å². The second kappa shape index (κ2) is 5.70. The van der Waals surface area contributed by atoms with Crippen molar-refractivity contribution in [2.24, 2.45) is 0 Å². The average molecular weight is 195 g/mol. The zero-order valence-electron chi connectivity index (χ0n) is 8.24. The average Bonchev–Trinajstić information content (AvgIpc) is 2.07. The van der Waals surface area contributed by atoms with Crippen molar-refractivity contribution in [1.82, 2.24) is 4.67 Å². The van der Waals surface area contributed by atoms with Crippen molar-refractivity contribution in [1.29, 1.82) is 0 Å². The molecule has 0 bridgehead atoms. The molecule has 1 unspecified atom stereocenters. The molecular weight excluding hydrogens is 177 g/mol. The zero-order chi connectivity index (χ0) is 9.61. The summed E-state index contributed by atoms with van der Waals surface area (Å²) in [6.07, 6.45) is 0. The lowest BCUT2D eigenvalue weighted by Crippen LogP contribution is -2.21. The molecule has 0 saturated heterocycles. The van der Waals surface area contributed by atoms with Crippen LogP contribution in [0.1, 0.15) is 20.8 Å². The predicted molar refractivity (Wildman–Crippen MR) is 49.2 cm³/mol. The summed E-state index contributed by atoms with van der Waals surface area (Å²) in [5.74, 6) is 0. The van der Waals surface area contributed by atoms with E-state index < -0.39 is 7.75 Å². The van der Waals surface area contributed by atoms with Crippen LogP contribution in [0.15, 0.2) is 0 Å².